The predicted octanol–water partition coefficient (Wildman–Crippen LogP) is 1.72. The van der Waals surface area contributed by atoms with Gasteiger partial charge in [0, 0.05) is 0 Å². The van der Waals surface area contributed by atoms with Crippen LogP contribution in [0.3, 0.4) is 0 Å². The van der Waals surface area contributed by atoms with Crippen LogP contribution in [0.15, 0.2) is 11.8 Å². The highest BCUT2D eigenvalue weighted by molar-refractivity contribution is 5.38. The van der Waals surface area contributed by atoms with Gasteiger partial charge in [-0.25, -0.2) is 0 Å². The Hall–Kier alpha value is -0.790. The Kier molecular flexibility index (Phi) is 3.76. The second-order valence-corrected chi connectivity index (χ2v) is 2.25. The van der Waals surface area contributed by atoms with E-state index in [2.05, 4.69) is 4.74 Å². The SMILES string of the molecule is C/C(=C/OC=O)C(C)C. The molecule has 0 saturated carbocycles. The molecule has 0 saturated heterocycles. The number of hydrogen-bond donors (Lipinski definition) is 0. The molecule has 9 heavy (non-hydrogen) atoms. The summed E-state index contributed by atoms with van der Waals surface area (Å²) in [5.74, 6) is 0.449. The first kappa shape index (κ1) is 8.21. The smallest absolute Gasteiger partial charge is 0.297 e. The van der Waals surface area contributed by atoms with Crippen LogP contribution in [0.4, 0.5) is 0 Å². The van der Waals surface area contributed by atoms with Crippen LogP contribution in [0.2, 0.25) is 0 Å². The highest BCUT2D eigenvalue weighted by Gasteiger charge is 1.93. The lowest BCUT2D eigenvalue weighted by Crippen LogP contribution is -1.89. The molecule has 0 fully saturated rings. The van der Waals surface area contributed by atoms with Gasteiger partial charge >= 0.3 is 0 Å². The van der Waals surface area contributed by atoms with Crippen molar-refractivity contribution in [2.45, 2.75) is 20.8 Å². The van der Waals surface area contributed by atoms with Gasteiger partial charge in [-0.1, -0.05) is 13.8 Å². The van der Waals surface area contributed by atoms with Crippen LogP contribution < -0.4 is 0 Å². The molecule has 0 aliphatic heterocycles. The van der Waals surface area contributed by atoms with Crippen LogP contribution in [0.1, 0.15) is 20.8 Å². The molecule has 0 bridgehead atoms. The van der Waals surface area contributed by atoms with Crippen LogP contribution in [0.25, 0.3) is 0 Å². The molecule has 0 heterocycles. The lowest BCUT2D eigenvalue weighted by atomic mass is 10.1. The number of hydrogen-bond acceptors (Lipinski definition) is 2. The first-order chi connectivity index (χ1) is 4.18. The van der Waals surface area contributed by atoms with Gasteiger partial charge in [0.1, 0.15) is 0 Å². The van der Waals surface area contributed by atoms with Crippen molar-refractivity contribution in [3.05, 3.63) is 11.8 Å². The van der Waals surface area contributed by atoms with E-state index in [0.29, 0.717) is 12.4 Å². The van der Waals surface area contributed by atoms with E-state index in [1.165, 1.54) is 6.26 Å². The molecule has 0 aliphatic rings. The Bertz CT molecular complexity index is 114. The van der Waals surface area contributed by atoms with Gasteiger partial charge in [0.2, 0.25) is 0 Å². The standard InChI is InChI=1S/C7H12O2/c1-6(2)7(3)4-9-5-8/h4-6H,1-3H3/b7-4-. The molecule has 0 spiro atoms. The van der Waals surface area contributed by atoms with Gasteiger partial charge in [-0.05, 0) is 18.4 Å². The topological polar surface area (TPSA) is 26.3 Å². The molecule has 2 heteroatoms. The van der Waals surface area contributed by atoms with Crippen molar-refractivity contribution >= 4 is 6.47 Å². The van der Waals surface area contributed by atoms with E-state index in [9.17, 15) is 4.79 Å². The molecular formula is C7H12O2. The fourth-order valence-electron chi connectivity index (χ4n) is 0.271. The minimum absolute atomic E-state index is 0.422. The Balaban J connectivity index is 3.68. The van der Waals surface area contributed by atoms with Gasteiger partial charge in [0.25, 0.3) is 6.47 Å². The third-order valence-electron chi connectivity index (χ3n) is 1.22. The minimum Gasteiger partial charge on any atom is -0.437 e. The molecule has 0 aliphatic carbocycles. The van der Waals surface area contributed by atoms with Crippen molar-refractivity contribution in [3.8, 4) is 0 Å². The van der Waals surface area contributed by atoms with E-state index in [4.69, 9.17) is 0 Å². The van der Waals surface area contributed by atoms with Crippen molar-refractivity contribution < 1.29 is 9.53 Å². The summed E-state index contributed by atoms with van der Waals surface area (Å²) < 4.78 is 4.41. The Labute approximate surface area is 55.5 Å². The van der Waals surface area contributed by atoms with E-state index >= 15 is 0 Å². The molecule has 52 valence electrons. The maximum atomic E-state index is 9.67. The lowest BCUT2D eigenvalue weighted by molar-refractivity contribution is -0.123. The summed E-state index contributed by atoms with van der Waals surface area (Å²) in [6.07, 6.45) is 1.47. The molecule has 0 unspecified atom stereocenters. The highest BCUT2D eigenvalue weighted by atomic mass is 16.5. The maximum absolute atomic E-state index is 9.67. The van der Waals surface area contributed by atoms with Crippen LogP contribution in [0, 0.1) is 5.92 Å². The zero-order valence-electron chi connectivity index (χ0n) is 6.05. The molecular weight excluding hydrogens is 116 g/mol. The van der Waals surface area contributed by atoms with Gasteiger partial charge in [-0.2, -0.15) is 0 Å². The molecule has 2 nitrogen and oxygen atoms in total. The molecule has 0 aromatic carbocycles. The van der Waals surface area contributed by atoms with Gasteiger partial charge < -0.3 is 4.74 Å². The summed E-state index contributed by atoms with van der Waals surface area (Å²) in [7, 11) is 0. The second kappa shape index (κ2) is 4.13. The quantitative estimate of drug-likeness (QED) is 0.427. The highest BCUT2D eigenvalue weighted by Crippen LogP contribution is 2.06. The molecule has 0 amide bonds. The van der Waals surface area contributed by atoms with E-state index in [1.54, 1.807) is 0 Å². The predicted molar refractivity (Wildman–Crippen MR) is 35.7 cm³/mol. The number of carbonyl (C=O) groups is 1. The van der Waals surface area contributed by atoms with E-state index < -0.39 is 0 Å². The number of rotatable bonds is 3. The van der Waals surface area contributed by atoms with Gasteiger partial charge in [0.05, 0.1) is 6.26 Å². The molecule has 0 aromatic rings. The number of allylic oxidation sites excluding steroid dienone is 1. The summed E-state index contributed by atoms with van der Waals surface area (Å²) in [5.41, 5.74) is 1.07. The summed E-state index contributed by atoms with van der Waals surface area (Å²) in [6, 6.07) is 0. The van der Waals surface area contributed by atoms with Crippen molar-refractivity contribution in [1.82, 2.24) is 0 Å². The molecule has 0 N–H and O–H groups in total. The van der Waals surface area contributed by atoms with Gasteiger partial charge in [0.15, 0.2) is 0 Å². The van der Waals surface area contributed by atoms with Crippen LogP contribution in [0.5, 0.6) is 0 Å². The molecule has 0 aromatic heterocycles. The van der Waals surface area contributed by atoms with E-state index in [0.717, 1.165) is 5.57 Å². The van der Waals surface area contributed by atoms with Crippen molar-refractivity contribution in [2.24, 2.45) is 5.92 Å². The fraction of sp³-hybridized carbons (Fsp3) is 0.571. The summed E-state index contributed by atoms with van der Waals surface area (Å²) >= 11 is 0. The number of ether oxygens (including phenoxy) is 1. The van der Waals surface area contributed by atoms with E-state index in [-0.39, 0.29) is 0 Å². The maximum Gasteiger partial charge on any atom is 0.297 e. The van der Waals surface area contributed by atoms with Crippen molar-refractivity contribution in [2.75, 3.05) is 0 Å². The zero-order valence-corrected chi connectivity index (χ0v) is 6.05. The summed E-state index contributed by atoms with van der Waals surface area (Å²) in [5, 5.41) is 0. The summed E-state index contributed by atoms with van der Waals surface area (Å²) in [6.45, 7) is 6.43. The number of carbonyl (C=O) groups excluding carboxylic acids is 1. The van der Waals surface area contributed by atoms with E-state index in [1.807, 2.05) is 20.8 Å². The molecule has 0 rings (SSSR count). The third-order valence-corrected chi connectivity index (χ3v) is 1.22. The average molecular weight is 128 g/mol. The Morgan fingerprint density at radius 3 is 2.44 bits per heavy atom. The second-order valence-electron chi connectivity index (χ2n) is 2.25. The largest absolute Gasteiger partial charge is 0.437 e. The minimum atomic E-state index is 0.422. The normalized spacial score (nSPS) is 11.8. The molecule has 0 atom stereocenters. The lowest BCUT2D eigenvalue weighted by Gasteiger charge is -2.01. The van der Waals surface area contributed by atoms with Gasteiger partial charge in [-0.15, -0.1) is 0 Å². The van der Waals surface area contributed by atoms with Crippen molar-refractivity contribution in [3.63, 3.8) is 0 Å². The first-order valence-electron chi connectivity index (χ1n) is 2.94. The third kappa shape index (κ3) is 3.76. The first-order valence-corrected chi connectivity index (χ1v) is 2.94. The molecule has 0 radical (unpaired) electrons. The van der Waals surface area contributed by atoms with Crippen LogP contribution in [-0.2, 0) is 9.53 Å². The van der Waals surface area contributed by atoms with Crippen LogP contribution in [-0.4, -0.2) is 6.47 Å². The van der Waals surface area contributed by atoms with Crippen molar-refractivity contribution in [1.29, 1.82) is 0 Å². The monoisotopic (exact) mass is 128 g/mol. The van der Waals surface area contributed by atoms with Gasteiger partial charge in [-0.3, -0.25) is 4.79 Å². The average Bonchev–Trinajstić information content (AvgIpc) is 1.82. The zero-order chi connectivity index (χ0) is 7.28. The Morgan fingerprint density at radius 1 is 1.56 bits per heavy atom. The fourth-order valence-corrected chi connectivity index (χ4v) is 0.271. The summed E-state index contributed by atoms with van der Waals surface area (Å²) in [4.78, 5) is 9.67. The Morgan fingerprint density at radius 2 is 2.11 bits per heavy atom. The van der Waals surface area contributed by atoms with Crippen LogP contribution >= 0.6 is 0 Å².